The summed E-state index contributed by atoms with van der Waals surface area (Å²) >= 11 is 0. The minimum atomic E-state index is -0.448. The van der Waals surface area contributed by atoms with E-state index >= 15 is 0 Å². The van der Waals surface area contributed by atoms with Gasteiger partial charge < -0.3 is 14.9 Å². The van der Waals surface area contributed by atoms with Crippen molar-refractivity contribution in [2.24, 2.45) is 0 Å². The highest BCUT2D eigenvalue weighted by molar-refractivity contribution is 5.28. The molecule has 1 heterocycles. The standard InChI is InChI=1S/C11H11FN2O2/c12-9-3-8(4-10(15)5-9)6-13-7-11-1-2-14-16-11/h1-5,13,15H,6-7H2. The lowest BCUT2D eigenvalue weighted by Crippen LogP contribution is -2.12. The predicted molar refractivity (Wildman–Crippen MR) is 55.1 cm³/mol. The summed E-state index contributed by atoms with van der Waals surface area (Å²) in [6.45, 7) is 0.962. The number of phenolic OH excluding ortho intramolecular Hbond substituents is 1. The van der Waals surface area contributed by atoms with Gasteiger partial charge in [0.25, 0.3) is 0 Å². The van der Waals surface area contributed by atoms with Gasteiger partial charge in [-0.1, -0.05) is 5.16 Å². The second-order valence-corrected chi connectivity index (χ2v) is 3.40. The van der Waals surface area contributed by atoms with Gasteiger partial charge in [0.15, 0.2) is 0 Å². The highest BCUT2D eigenvalue weighted by Crippen LogP contribution is 2.14. The molecular weight excluding hydrogens is 211 g/mol. The Bertz CT molecular complexity index is 437. The van der Waals surface area contributed by atoms with E-state index in [9.17, 15) is 9.50 Å². The van der Waals surface area contributed by atoms with Crippen LogP contribution in [0, 0.1) is 5.82 Å². The molecule has 0 atom stereocenters. The molecule has 0 saturated heterocycles. The van der Waals surface area contributed by atoms with Crippen molar-refractivity contribution in [3.05, 3.63) is 47.6 Å². The normalized spacial score (nSPS) is 10.6. The van der Waals surface area contributed by atoms with E-state index in [1.54, 1.807) is 12.3 Å². The Labute approximate surface area is 91.7 Å². The first kappa shape index (κ1) is 10.6. The van der Waals surface area contributed by atoms with Gasteiger partial charge in [-0.2, -0.15) is 0 Å². The predicted octanol–water partition coefficient (Wildman–Crippen LogP) is 1.81. The number of phenols is 1. The van der Waals surface area contributed by atoms with Crippen LogP contribution in [-0.2, 0) is 13.1 Å². The Morgan fingerprint density at radius 2 is 2.19 bits per heavy atom. The fourth-order valence-electron chi connectivity index (χ4n) is 1.40. The minimum Gasteiger partial charge on any atom is -0.508 e. The molecule has 0 aliphatic carbocycles. The Kier molecular flexibility index (Phi) is 3.16. The van der Waals surface area contributed by atoms with Crippen LogP contribution in [0.1, 0.15) is 11.3 Å². The quantitative estimate of drug-likeness (QED) is 0.828. The van der Waals surface area contributed by atoms with Crippen molar-refractivity contribution >= 4 is 0 Å². The molecule has 2 rings (SSSR count). The molecule has 0 amide bonds. The van der Waals surface area contributed by atoms with E-state index < -0.39 is 5.82 Å². The van der Waals surface area contributed by atoms with Gasteiger partial charge >= 0.3 is 0 Å². The third-order valence-electron chi connectivity index (χ3n) is 2.06. The maximum atomic E-state index is 12.9. The second-order valence-electron chi connectivity index (χ2n) is 3.40. The van der Waals surface area contributed by atoms with Crippen molar-refractivity contribution in [2.45, 2.75) is 13.1 Å². The van der Waals surface area contributed by atoms with Gasteiger partial charge in [-0.05, 0) is 17.7 Å². The van der Waals surface area contributed by atoms with E-state index in [-0.39, 0.29) is 5.75 Å². The first-order valence-electron chi connectivity index (χ1n) is 4.83. The van der Waals surface area contributed by atoms with Crippen LogP contribution in [0.5, 0.6) is 5.75 Å². The first-order chi connectivity index (χ1) is 7.74. The molecule has 16 heavy (non-hydrogen) atoms. The van der Waals surface area contributed by atoms with E-state index in [1.165, 1.54) is 12.1 Å². The van der Waals surface area contributed by atoms with Crippen LogP contribution in [0.15, 0.2) is 35.0 Å². The molecule has 0 fully saturated rings. The summed E-state index contributed by atoms with van der Waals surface area (Å²) in [5.74, 6) is 0.188. The number of benzene rings is 1. The van der Waals surface area contributed by atoms with Crippen molar-refractivity contribution in [3.63, 3.8) is 0 Å². The Balaban J connectivity index is 1.89. The van der Waals surface area contributed by atoms with E-state index in [4.69, 9.17) is 4.52 Å². The molecule has 0 radical (unpaired) electrons. The summed E-state index contributed by atoms with van der Waals surface area (Å²) in [5.41, 5.74) is 0.678. The van der Waals surface area contributed by atoms with E-state index in [0.29, 0.717) is 24.4 Å². The van der Waals surface area contributed by atoms with Gasteiger partial charge in [0, 0.05) is 18.7 Å². The van der Waals surface area contributed by atoms with Crippen molar-refractivity contribution in [3.8, 4) is 5.75 Å². The first-order valence-corrected chi connectivity index (χ1v) is 4.83. The average molecular weight is 222 g/mol. The molecule has 4 nitrogen and oxygen atoms in total. The minimum absolute atomic E-state index is 0.0727. The van der Waals surface area contributed by atoms with E-state index in [2.05, 4.69) is 10.5 Å². The van der Waals surface area contributed by atoms with Gasteiger partial charge in [-0.25, -0.2) is 4.39 Å². The Morgan fingerprint density at radius 1 is 1.31 bits per heavy atom. The molecule has 84 valence electrons. The van der Waals surface area contributed by atoms with E-state index in [1.807, 2.05) is 0 Å². The lowest BCUT2D eigenvalue weighted by molar-refractivity contribution is 0.372. The number of hydrogen-bond acceptors (Lipinski definition) is 4. The third-order valence-corrected chi connectivity index (χ3v) is 2.06. The van der Waals surface area contributed by atoms with Crippen LogP contribution >= 0.6 is 0 Å². The van der Waals surface area contributed by atoms with Crippen LogP contribution < -0.4 is 5.32 Å². The highest BCUT2D eigenvalue weighted by atomic mass is 19.1. The highest BCUT2D eigenvalue weighted by Gasteiger charge is 2.00. The van der Waals surface area contributed by atoms with Gasteiger partial charge in [-0.3, -0.25) is 0 Å². The number of aromatic hydroxyl groups is 1. The van der Waals surface area contributed by atoms with Crippen LogP contribution in [0.25, 0.3) is 0 Å². The summed E-state index contributed by atoms with van der Waals surface area (Å²) in [6.07, 6.45) is 1.56. The Hall–Kier alpha value is -1.88. The second kappa shape index (κ2) is 4.76. The zero-order valence-corrected chi connectivity index (χ0v) is 8.48. The summed E-state index contributed by atoms with van der Waals surface area (Å²) in [7, 11) is 0. The van der Waals surface area contributed by atoms with Crippen LogP contribution in [0.3, 0.4) is 0 Å². The summed E-state index contributed by atoms with van der Waals surface area (Å²) in [6, 6.07) is 5.69. The SMILES string of the molecule is Oc1cc(F)cc(CNCc2ccno2)c1. The molecular formula is C11H11FN2O2. The molecule has 0 bridgehead atoms. The van der Waals surface area contributed by atoms with Gasteiger partial charge in [0.05, 0.1) is 12.7 Å². The maximum absolute atomic E-state index is 12.9. The topological polar surface area (TPSA) is 58.3 Å². The summed E-state index contributed by atoms with van der Waals surface area (Å²) in [4.78, 5) is 0. The molecule has 0 spiro atoms. The van der Waals surface area contributed by atoms with Crippen molar-refractivity contribution < 1.29 is 14.0 Å². The van der Waals surface area contributed by atoms with Crippen LogP contribution in [0.4, 0.5) is 4.39 Å². The molecule has 2 aromatic rings. The van der Waals surface area contributed by atoms with Gasteiger partial charge in [0.1, 0.15) is 17.3 Å². The van der Waals surface area contributed by atoms with Gasteiger partial charge in [0.2, 0.25) is 0 Å². The lowest BCUT2D eigenvalue weighted by Gasteiger charge is -2.03. The molecule has 1 aromatic heterocycles. The van der Waals surface area contributed by atoms with Crippen molar-refractivity contribution in [1.29, 1.82) is 0 Å². The van der Waals surface area contributed by atoms with Crippen molar-refractivity contribution in [2.75, 3.05) is 0 Å². The van der Waals surface area contributed by atoms with Crippen LogP contribution in [-0.4, -0.2) is 10.3 Å². The molecule has 0 aliphatic heterocycles. The number of aromatic nitrogens is 1. The lowest BCUT2D eigenvalue weighted by atomic mass is 10.2. The number of rotatable bonds is 4. The molecule has 0 aliphatic rings. The fraction of sp³-hybridized carbons (Fsp3) is 0.182. The molecule has 0 saturated carbocycles. The largest absolute Gasteiger partial charge is 0.508 e. The van der Waals surface area contributed by atoms with Crippen LogP contribution in [0.2, 0.25) is 0 Å². The smallest absolute Gasteiger partial charge is 0.150 e. The number of hydrogen-bond donors (Lipinski definition) is 2. The average Bonchev–Trinajstić information content (AvgIpc) is 2.69. The maximum Gasteiger partial charge on any atom is 0.150 e. The summed E-state index contributed by atoms with van der Waals surface area (Å²) in [5, 5.41) is 15.8. The molecule has 5 heteroatoms. The fourth-order valence-corrected chi connectivity index (χ4v) is 1.40. The van der Waals surface area contributed by atoms with E-state index in [0.717, 1.165) is 6.07 Å². The summed E-state index contributed by atoms with van der Waals surface area (Å²) < 4.78 is 17.8. The number of halogens is 1. The van der Waals surface area contributed by atoms with Gasteiger partial charge in [-0.15, -0.1) is 0 Å². The number of nitrogens with zero attached hydrogens (tertiary/aromatic N) is 1. The number of nitrogens with one attached hydrogen (secondary N) is 1. The zero-order chi connectivity index (χ0) is 11.4. The molecule has 2 N–H and O–H groups in total. The molecule has 1 aromatic carbocycles. The zero-order valence-electron chi connectivity index (χ0n) is 8.48. The molecule has 0 unspecified atom stereocenters. The van der Waals surface area contributed by atoms with Crippen molar-refractivity contribution in [1.82, 2.24) is 10.5 Å². The Morgan fingerprint density at radius 3 is 2.88 bits per heavy atom. The monoisotopic (exact) mass is 222 g/mol. The third kappa shape index (κ3) is 2.80.